The molecule has 1 heterocycles. The molecule has 0 aliphatic heterocycles. The first kappa shape index (κ1) is 20.0. The SMILES string of the molecule is CC.O=C(O)C(Oc1ccc(F)cc1-n1nc2ccccc2n1)c1ccccc1. The van der Waals surface area contributed by atoms with Gasteiger partial charge in [-0.05, 0) is 24.3 Å². The molecule has 6 nitrogen and oxygen atoms in total. The third-order valence-electron chi connectivity index (χ3n) is 3.99. The van der Waals surface area contributed by atoms with E-state index in [4.69, 9.17) is 4.74 Å². The molecule has 4 rings (SSSR count). The molecule has 0 aliphatic rings. The van der Waals surface area contributed by atoms with Crippen molar-refractivity contribution in [3.8, 4) is 11.4 Å². The van der Waals surface area contributed by atoms with Crippen LogP contribution in [-0.4, -0.2) is 26.1 Å². The first-order chi connectivity index (χ1) is 14.1. The lowest BCUT2D eigenvalue weighted by Gasteiger charge is -2.17. The summed E-state index contributed by atoms with van der Waals surface area (Å²) in [6, 6.07) is 19.5. The molecule has 0 saturated carbocycles. The molecule has 4 aromatic rings. The van der Waals surface area contributed by atoms with Gasteiger partial charge in [-0.3, -0.25) is 0 Å². The van der Waals surface area contributed by atoms with Crippen LogP contribution < -0.4 is 4.74 Å². The summed E-state index contributed by atoms with van der Waals surface area (Å²) in [5.74, 6) is -1.51. The van der Waals surface area contributed by atoms with Gasteiger partial charge >= 0.3 is 5.97 Å². The van der Waals surface area contributed by atoms with Crippen LogP contribution in [-0.2, 0) is 4.79 Å². The number of aliphatic carboxylic acids is 1. The summed E-state index contributed by atoms with van der Waals surface area (Å²) in [5, 5.41) is 18.2. The Hall–Kier alpha value is -3.74. The maximum absolute atomic E-state index is 13.9. The van der Waals surface area contributed by atoms with Gasteiger partial charge in [0.15, 0.2) is 0 Å². The summed E-state index contributed by atoms with van der Waals surface area (Å²) < 4.78 is 19.6. The molecule has 0 bridgehead atoms. The second kappa shape index (κ2) is 8.97. The molecule has 1 N–H and O–H groups in total. The fourth-order valence-electron chi connectivity index (χ4n) is 2.73. The first-order valence-electron chi connectivity index (χ1n) is 9.18. The van der Waals surface area contributed by atoms with Crippen LogP contribution in [0, 0.1) is 5.82 Å². The molecule has 7 heteroatoms. The lowest BCUT2D eigenvalue weighted by Crippen LogP contribution is -2.19. The molecular weight excluding hydrogens is 373 g/mol. The second-order valence-corrected chi connectivity index (χ2v) is 5.84. The van der Waals surface area contributed by atoms with Crippen molar-refractivity contribution in [2.75, 3.05) is 0 Å². The smallest absolute Gasteiger partial charge is 0.349 e. The summed E-state index contributed by atoms with van der Waals surface area (Å²) in [4.78, 5) is 13.0. The molecule has 1 aromatic heterocycles. The monoisotopic (exact) mass is 393 g/mol. The van der Waals surface area contributed by atoms with Crippen LogP contribution in [0.5, 0.6) is 5.75 Å². The van der Waals surface area contributed by atoms with Gasteiger partial charge in [0.05, 0.1) is 0 Å². The zero-order chi connectivity index (χ0) is 20.8. The van der Waals surface area contributed by atoms with Crippen molar-refractivity contribution in [1.82, 2.24) is 15.0 Å². The van der Waals surface area contributed by atoms with Crippen molar-refractivity contribution >= 4 is 17.0 Å². The number of carboxylic acids is 1. The molecule has 3 aromatic carbocycles. The van der Waals surface area contributed by atoms with Gasteiger partial charge in [0, 0.05) is 11.6 Å². The Morgan fingerprint density at radius 2 is 1.55 bits per heavy atom. The topological polar surface area (TPSA) is 77.2 Å². The number of nitrogens with zero attached hydrogens (tertiary/aromatic N) is 3. The largest absolute Gasteiger partial charge is 0.478 e. The predicted molar refractivity (Wildman–Crippen MR) is 108 cm³/mol. The van der Waals surface area contributed by atoms with E-state index in [1.807, 2.05) is 26.0 Å². The number of fused-ring (bicyclic) bond motifs is 1. The molecule has 0 fully saturated rings. The van der Waals surface area contributed by atoms with Crippen LogP contribution in [0.4, 0.5) is 4.39 Å². The van der Waals surface area contributed by atoms with Gasteiger partial charge < -0.3 is 9.84 Å². The van der Waals surface area contributed by atoms with Gasteiger partial charge in [-0.1, -0.05) is 56.3 Å². The molecule has 0 radical (unpaired) electrons. The zero-order valence-corrected chi connectivity index (χ0v) is 16.0. The Bertz CT molecular complexity index is 1080. The minimum Gasteiger partial charge on any atom is -0.478 e. The van der Waals surface area contributed by atoms with E-state index in [-0.39, 0.29) is 11.4 Å². The minimum atomic E-state index is -1.25. The summed E-state index contributed by atoms with van der Waals surface area (Å²) >= 11 is 0. The van der Waals surface area contributed by atoms with E-state index < -0.39 is 17.9 Å². The maximum Gasteiger partial charge on any atom is 0.349 e. The number of aromatic nitrogens is 3. The minimum absolute atomic E-state index is 0.160. The number of benzene rings is 3. The first-order valence-corrected chi connectivity index (χ1v) is 9.18. The number of halogens is 1. The fraction of sp³-hybridized carbons (Fsp3) is 0.136. The van der Waals surface area contributed by atoms with E-state index in [1.165, 1.54) is 23.0 Å². The average Bonchev–Trinajstić information content (AvgIpc) is 3.19. The number of carboxylic acid groups (broad SMARTS) is 1. The standard InChI is InChI=1S/C20H14FN3O3.C2H6/c21-14-10-11-18(27-19(20(25)26)13-6-2-1-3-7-13)17(12-14)24-22-15-8-4-5-9-16(15)23-24;1-2/h1-12,19H,(H,25,26);1-2H3. The number of ether oxygens (including phenoxy) is 1. The third-order valence-corrected chi connectivity index (χ3v) is 3.99. The Morgan fingerprint density at radius 3 is 2.14 bits per heavy atom. The highest BCUT2D eigenvalue weighted by molar-refractivity contribution is 5.75. The number of hydrogen-bond acceptors (Lipinski definition) is 4. The van der Waals surface area contributed by atoms with Crippen molar-refractivity contribution in [2.24, 2.45) is 0 Å². The van der Waals surface area contributed by atoms with Crippen LogP contribution >= 0.6 is 0 Å². The second-order valence-electron chi connectivity index (χ2n) is 5.84. The Labute approximate surface area is 167 Å². The van der Waals surface area contributed by atoms with Crippen LogP contribution in [0.15, 0.2) is 72.8 Å². The van der Waals surface area contributed by atoms with E-state index in [9.17, 15) is 14.3 Å². The highest BCUT2D eigenvalue weighted by Crippen LogP contribution is 2.29. The number of hydrogen-bond donors (Lipinski definition) is 1. The lowest BCUT2D eigenvalue weighted by molar-refractivity contribution is -0.145. The van der Waals surface area contributed by atoms with Crippen molar-refractivity contribution in [3.05, 3.63) is 84.2 Å². The van der Waals surface area contributed by atoms with Gasteiger partial charge in [-0.2, -0.15) is 0 Å². The van der Waals surface area contributed by atoms with Crippen molar-refractivity contribution in [2.45, 2.75) is 20.0 Å². The highest BCUT2D eigenvalue weighted by Gasteiger charge is 2.24. The lowest BCUT2D eigenvalue weighted by atomic mass is 10.1. The summed E-state index contributed by atoms with van der Waals surface area (Å²) in [6.07, 6.45) is -1.25. The molecule has 1 atom stereocenters. The van der Waals surface area contributed by atoms with Crippen LogP contribution in [0.1, 0.15) is 25.5 Å². The Balaban J connectivity index is 0.00000117. The van der Waals surface area contributed by atoms with Crippen molar-refractivity contribution < 1.29 is 19.0 Å². The molecule has 0 spiro atoms. The zero-order valence-electron chi connectivity index (χ0n) is 16.0. The average molecular weight is 393 g/mol. The van der Waals surface area contributed by atoms with Crippen LogP contribution in [0.3, 0.4) is 0 Å². The summed E-state index contributed by atoms with van der Waals surface area (Å²) in [5.41, 5.74) is 1.95. The molecule has 148 valence electrons. The summed E-state index contributed by atoms with van der Waals surface area (Å²) in [7, 11) is 0. The van der Waals surface area contributed by atoms with E-state index in [2.05, 4.69) is 10.2 Å². The highest BCUT2D eigenvalue weighted by atomic mass is 19.1. The van der Waals surface area contributed by atoms with Crippen molar-refractivity contribution in [3.63, 3.8) is 0 Å². The van der Waals surface area contributed by atoms with E-state index in [0.29, 0.717) is 16.6 Å². The molecule has 0 saturated heterocycles. The van der Waals surface area contributed by atoms with Crippen LogP contribution in [0.2, 0.25) is 0 Å². The van der Waals surface area contributed by atoms with Crippen molar-refractivity contribution in [1.29, 1.82) is 0 Å². The summed E-state index contributed by atoms with van der Waals surface area (Å²) in [6.45, 7) is 4.00. The molecule has 29 heavy (non-hydrogen) atoms. The molecule has 1 unspecified atom stereocenters. The number of carbonyl (C=O) groups is 1. The maximum atomic E-state index is 13.9. The van der Waals surface area contributed by atoms with Gasteiger partial charge in [-0.15, -0.1) is 15.0 Å². The van der Waals surface area contributed by atoms with E-state index >= 15 is 0 Å². The predicted octanol–water partition coefficient (Wildman–Crippen LogP) is 4.79. The molecular formula is C22H20FN3O3. The quantitative estimate of drug-likeness (QED) is 0.527. The molecule has 0 aliphatic carbocycles. The van der Waals surface area contributed by atoms with E-state index in [1.54, 1.807) is 42.5 Å². The number of rotatable bonds is 5. The van der Waals surface area contributed by atoms with Gasteiger partial charge in [0.1, 0.15) is 28.3 Å². The van der Waals surface area contributed by atoms with Gasteiger partial charge in [0.2, 0.25) is 6.10 Å². The third kappa shape index (κ3) is 4.40. The molecule has 0 amide bonds. The normalized spacial score (nSPS) is 11.4. The van der Waals surface area contributed by atoms with Gasteiger partial charge in [0.25, 0.3) is 0 Å². The van der Waals surface area contributed by atoms with E-state index in [0.717, 1.165) is 0 Å². The van der Waals surface area contributed by atoms with Gasteiger partial charge in [-0.25, -0.2) is 9.18 Å². The fourth-order valence-corrected chi connectivity index (χ4v) is 2.73. The Morgan fingerprint density at radius 1 is 0.966 bits per heavy atom. The Kier molecular flexibility index (Phi) is 6.19. The van der Waals surface area contributed by atoms with Crippen LogP contribution in [0.25, 0.3) is 16.7 Å².